The summed E-state index contributed by atoms with van der Waals surface area (Å²) in [5.41, 5.74) is 0. The molecule has 1 aliphatic rings. The number of ether oxygens (including phenoxy) is 2. The van der Waals surface area contributed by atoms with Gasteiger partial charge in [-0.3, -0.25) is 0 Å². The third-order valence-electron chi connectivity index (χ3n) is 3.99. The van der Waals surface area contributed by atoms with E-state index in [4.69, 9.17) is 20.2 Å². The second-order valence-corrected chi connectivity index (χ2v) is 13.8. The van der Waals surface area contributed by atoms with Crippen molar-refractivity contribution in [2.24, 2.45) is 0 Å². The van der Waals surface area contributed by atoms with Crippen LogP contribution in [0.1, 0.15) is 34.1 Å². The summed E-state index contributed by atoms with van der Waals surface area (Å²) in [5, 5.41) is 10.5. The Kier molecular flexibility index (Phi) is 10.9. The van der Waals surface area contributed by atoms with Crippen molar-refractivity contribution in [1.82, 2.24) is 4.90 Å². The van der Waals surface area contributed by atoms with Crippen molar-refractivity contribution < 1.29 is 49.3 Å². The van der Waals surface area contributed by atoms with Gasteiger partial charge in [0.1, 0.15) is 0 Å². The summed E-state index contributed by atoms with van der Waals surface area (Å²) >= 11 is -5.83. The standard InChI is InChI=1S/C11H18NO6.3C2H4O2.Pb/c1-7(14)18-8(6-13)5-12-4-3-9(15)10(12)11(16)17-2;3*1-2(3)4;/h6,8-11,15H,3-5H2,1-2H3;3*1H3,(H,3,4);/q-1;;;;+4/p-3/t8-,9-,10+,11?;;;;/m0..../s1. The van der Waals surface area contributed by atoms with Crippen LogP contribution in [-0.4, -0.2) is 108 Å². The van der Waals surface area contributed by atoms with Gasteiger partial charge in [-0.15, -0.1) is 0 Å². The van der Waals surface area contributed by atoms with Gasteiger partial charge in [0.15, 0.2) is 0 Å². The molecule has 1 rings (SSSR count). The van der Waals surface area contributed by atoms with Gasteiger partial charge in [0.2, 0.25) is 0 Å². The number of aldehydes is 1. The van der Waals surface area contributed by atoms with Gasteiger partial charge in [0.05, 0.1) is 0 Å². The molecule has 176 valence electrons. The van der Waals surface area contributed by atoms with E-state index in [1.54, 1.807) is 4.90 Å². The van der Waals surface area contributed by atoms with Crippen LogP contribution in [0.2, 0.25) is 0 Å². The summed E-state index contributed by atoms with van der Waals surface area (Å²) in [6, 6.07) is -0.955. The monoisotopic (exact) mass is 645 g/mol. The predicted molar refractivity (Wildman–Crippen MR) is 101 cm³/mol. The zero-order valence-corrected chi connectivity index (χ0v) is 21.8. The van der Waals surface area contributed by atoms with E-state index in [9.17, 15) is 29.1 Å². The second-order valence-electron chi connectivity index (χ2n) is 6.63. The maximum absolute atomic E-state index is 11.6. The molecule has 1 N–H and O–H groups in total. The second kappa shape index (κ2) is 12.4. The van der Waals surface area contributed by atoms with Crippen molar-refractivity contribution in [3.63, 3.8) is 0 Å². The Bertz CT molecular complexity index is 645. The molecule has 1 saturated heterocycles. The fourth-order valence-electron chi connectivity index (χ4n) is 3.04. The molecule has 0 amide bonds. The summed E-state index contributed by atoms with van der Waals surface area (Å²) in [5.74, 6) is -3.42. The molecule has 1 unspecified atom stereocenters. The van der Waals surface area contributed by atoms with Crippen molar-refractivity contribution >= 4 is 53.1 Å². The first-order valence-electron chi connectivity index (χ1n) is 9.27. The third kappa shape index (κ3) is 8.76. The molecule has 0 radical (unpaired) electrons. The van der Waals surface area contributed by atoms with Crippen molar-refractivity contribution in [3.05, 3.63) is 0 Å². The number of methoxy groups -OCH3 is 1. The van der Waals surface area contributed by atoms with Crippen LogP contribution in [0.5, 0.6) is 0 Å². The number of nitrogens with zero attached hydrogens (tertiary/aromatic N) is 1. The molecule has 0 aliphatic carbocycles. The van der Waals surface area contributed by atoms with Crippen LogP contribution in [0.25, 0.3) is 0 Å². The predicted octanol–water partition coefficient (Wildman–Crippen LogP) is -1.33. The first-order chi connectivity index (χ1) is 14.4. The van der Waals surface area contributed by atoms with Gasteiger partial charge in [-0.2, -0.15) is 0 Å². The molecule has 0 aromatic heterocycles. The topological polar surface area (TPSA) is 164 Å². The summed E-state index contributed by atoms with van der Waals surface area (Å²) < 4.78 is 31.0. The number of carbonyl (C=O) groups is 5. The average molecular weight is 645 g/mol. The molecule has 1 aliphatic heterocycles. The SMILES string of the molecule is COC([O][Pb]([O]C(C)=O)([O]C(C)=O)[O]C(C)=O)[C@H]1[C@@H](O)CCN1C[C@@H](C=O)OC(C)=O. The number of carbonyl (C=O) groups excluding carboxylic acids is 5. The molecular weight excluding hydrogens is 617 g/mol. The Labute approximate surface area is 186 Å². The van der Waals surface area contributed by atoms with Gasteiger partial charge in [-0.05, 0) is 0 Å². The number of rotatable bonds is 11. The summed E-state index contributed by atoms with van der Waals surface area (Å²) in [6.07, 6.45) is -2.85. The molecule has 31 heavy (non-hydrogen) atoms. The quantitative estimate of drug-likeness (QED) is 0.122. The molecular formula is C17H27NO12Pb. The van der Waals surface area contributed by atoms with Crippen molar-refractivity contribution in [3.8, 4) is 0 Å². The van der Waals surface area contributed by atoms with Gasteiger partial charge in [0.25, 0.3) is 0 Å². The molecule has 0 spiro atoms. The molecule has 0 aromatic carbocycles. The molecule has 0 bridgehead atoms. The first kappa shape index (κ1) is 27.3. The summed E-state index contributed by atoms with van der Waals surface area (Å²) in [7, 11) is 1.21. The number of hydrogen-bond acceptors (Lipinski definition) is 13. The van der Waals surface area contributed by atoms with E-state index in [1.165, 1.54) is 7.11 Å². The van der Waals surface area contributed by atoms with Crippen molar-refractivity contribution in [1.29, 1.82) is 0 Å². The number of aliphatic hydroxyl groups is 1. The van der Waals surface area contributed by atoms with Crippen molar-refractivity contribution in [2.75, 3.05) is 20.2 Å². The van der Waals surface area contributed by atoms with Gasteiger partial charge < -0.3 is 0 Å². The zero-order valence-electron chi connectivity index (χ0n) is 17.9. The third-order valence-corrected chi connectivity index (χ3v) is 12.3. The Balaban J connectivity index is 3.20. The molecule has 14 heteroatoms. The number of esters is 1. The summed E-state index contributed by atoms with van der Waals surface area (Å²) in [4.78, 5) is 58.8. The number of likely N-dealkylation sites (tertiary alicyclic amines) is 1. The van der Waals surface area contributed by atoms with Gasteiger partial charge in [-0.1, -0.05) is 0 Å². The van der Waals surface area contributed by atoms with Crippen LogP contribution >= 0.6 is 0 Å². The molecule has 13 nitrogen and oxygen atoms in total. The maximum atomic E-state index is 11.6. The van der Waals surface area contributed by atoms with Crippen LogP contribution in [-0.2, 0) is 44.2 Å². The number of aliphatic hydroxyl groups excluding tert-OH is 1. The molecule has 4 atom stereocenters. The van der Waals surface area contributed by atoms with E-state index < -0.39 is 71.4 Å². The van der Waals surface area contributed by atoms with Gasteiger partial charge in [0, 0.05) is 0 Å². The van der Waals surface area contributed by atoms with Crippen LogP contribution in [0.4, 0.5) is 0 Å². The minimum atomic E-state index is -5.83. The normalized spacial score (nSPS) is 21.0. The average Bonchev–Trinajstić information content (AvgIpc) is 2.97. The van der Waals surface area contributed by atoms with Gasteiger partial charge >= 0.3 is 186 Å². The Morgan fingerprint density at radius 3 is 1.94 bits per heavy atom. The van der Waals surface area contributed by atoms with Crippen LogP contribution < -0.4 is 0 Å². The van der Waals surface area contributed by atoms with E-state index >= 15 is 0 Å². The summed E-state index contributed by atoms with van der Waals surface area (Å²) in [6.45, 7) is 4.37. The Morgan fingerprint density at radius 1 is 1.03 bits per heavy atom. The Morgan fingerprint density at radius 2 is 1.55 bits per heavy atom. The van der Waals surface area contributed by atoms with Crippen molar-refractivity contribution in [2.45, 2.75) is 58.7 Å². The first-order valence-corrected chi connectivity index (χ1v) is 15.6. The van der Waals surface area contributed by atoms with E-state index in [1.807, 2.05) is 0 Å². The fraction of sp³-hybridized carbons (Fsp3) is 0.706. The molecule has 1 heterocycles. The fourth-order valence-corrected chi connectivity index (χ4v) is 10.2. The molecule has 1 fully saturated rings. The van der Waals surface area contributed by atoms with E-state index in [2.05, 4.69) is 0 Å². The molecule has 0 saturated carbocycles. The van der Waals surface area contributed by atoms with E-state index in [-0.39, 0.29) is 19.5 Å². The van der Waals surface area contributed by atoms with Gasteiger partial charge in [-0.25, -0.2) is 0 Å². The van der Waals surface area contributed by atoms with Crippen LogP contribution in [0.3, 0.4) is 0 Å². The number of hydrogen-bond donors (Lipinski definition) is 1. The zero-order chi connectivity index (χ0) is 23.8. The Hall–Kier alpha value is -1.69. The van der Waals surface area contributed by atoms with Crippen LogP contribution in [0.15, 0.2) is 0 Å². The van der Waals surface area contributed by atoms with Crippen LogP contribution in [0, 0.1) is 0 Å². The molecule has 0 aromatic rings. The van der Waals surface area contributed by atoms with E-state index in [0.717, 1.165) is 27.7 Å². The minimum absolute atomic E-state index is 0.0907. The van der Waals surface area contributed by atoms with E-state index in [0.29, 0.717) is 6.29 Å².